The fraction of sp³-hybridized carbons (Fsp3) is 0.379. The van der Waals surface area contributed by atoms with Crippen LogP contribution in [0.2, 0.25) is 0 Å². The van der Waals surface area contributed by atoms with E-state index in [1.165, 1.54) is 21.6 Å². The third-order valence-corrected chi connectivity index (χ3v) is 7.96. The number of benzene rings is 1. The predicted molar refractivity (Wildman–Crippen MR) is 142 cm³/mol. The largest absolute Gasteiger partial charge is 0.336 e. The van der Waals surface area contributed by atoms with Gasteiger partial charge in [-0.15, -0.1) is 0 Å². The van der Waals surface area contributed by atoms with Gasteiger partial charge in [-0.25, -0.2) is 18.7 Å². The lowest BCUT2D eigenvalue weighted by molar-refractivity contribution is 0.0400. The zero-order chi connectivity index (χ0) is 26.8. The van der Waals surface area contributed by atoms with E-state index in [1.807, 2.05) is 13.0 Å². The van der Waals surface area contributed by atoms with Crippen LogP contribution in [-0.4, -0.2) is 56.1 Å². The molecular weight excluding hydrogens is 502 g/mol. The Balaban J connectivity index is 1.36. The first kappa shape index (κ1) is 24.1. The van der Waals surface area contributed by atoms with E-state index >= 15 is 0 Å². The molecule has 39 heavy (non-hydrogen) atoms. The number of likely N-dealkylation sites (tertiary alicyclic amines) is 1. The summed E-state index contributed by atoms with van der Waals surface area (Å²) < 4.78 is 29.3. The molecule has 5 heterocycles. The van der Waals surface area contributed by atoms with Crippen LogP contribution in [0.5, 0.6) is 0 Å². The zero-order valence-corrected chi connectivity index (χ0v) is 21.5. The van der Waals surface area contributed by atoms with Crippen molar-refractivity contribution in [3.63, 3.8) is 0 Å². The second kappa shape index (κ2) is 9.08. The monoisotopic (exact) mass is 530 g/mol. The molecule has 3 aliphatic rings. The van der Waals surface area contributed by atoms with Crippen molar-refractivity contribution in [2.75, 3.05) is 19.6 Å². The van der Waals surface area contributed by atoms with Crippen LogP contribution in [0.1, 0.15) is 65.1 Å². The van der Waals surface area contributed by atoms with Gasteiger partial charge in [0.2, 0.25) is 0 Å². The van der Waals surface area contributed by atoms with Gasteiger partial charge in [0.25, 0.3) is 11.5 Å². The Hall–Kier alpha value is -3.92. The van der Waals surface area contributed by atoms with E-state index < -0.39 is 17.9 Å². The normalized spacial score (nSPS) is 19.6. The lowest BCUT2D eigenvalue weighted by Crippen LogP contribution is -2.51. The Bertz CT molecular complexity index is 1680. The second-order valence-electron chi connectivity index (χ2n) is 10.9. The lowest BCUT2D eigenvalue weighted by Gasteiger charge is -2.34. The van der Waals surface area contributed by atoms with Crippen LogP contribution < -0.4 is 10.9 Å². The number of imidazole rings is 1. The van der Waals surface area contributed by atoms with E-state index in [9.17, 15) is 18.4 Å². The van der Waals surface area contributed by atoms with Crippen LogP contribution in [0.3, 0.4) is 0 Å². The number of rotatable bonds is 5. The van der Waals surface area contributed by atoms with Crippen LogP contribution in [-0.2, 0) is 0 Å². The summed E-state index contributed by atoms with van der Waals surface area (Å²) in [5.74, 6) is 0.496. The highest BCUT2D eigenvalue weighted by Gasteiger charge is 2.33. The van der Waals surface area contributed by atoms with Gasteiger partial charge < -0.3 is 15.2 Å². The number of aromatic amines is 1. The van der Waals surface area contributed by atoms with Crippen molar-refractivity contribution in [1.82, 2.24) is 29.7 Å². The average molecular weight is 531 g/mol. The van der Waals surface area contributed by atoms with Crippen LogP contribution >= 0.6 is 0 Å². The van der Waals surface area contributed by atoms with E-state index in [4.69, 9.17) is 9.97 Å². The molecule has 0 unspecified atom stereocenters. The molecule has 1 atom stereocenters. The number of hydrogen-bond donors (Lipinski definition) is 2. The standard InChI is InChI=1S/C29H28F2N6O2/c1-15-12-37(29(39)26-25(15)34-27(35-26)22-3-2-8-32-22)24-10-17(9-23(33-24)16-4-5-16)20-7-6-18(30)11-21(20)28(38)36-13-19(31)14-36/h6-7,9-12,16,19,22,32H,2-5,8,13-14H2,1H3,(H,34,35)/t22-/m0/s1. The van der Waals surface area contributed by atoms with Crippen molar-refractivity contribution < 1.29 is 13.6 Å². The first-order valence-electron chi connectivity index (χ1n) is 13.5. The summed E-state index contributed by atoms with van der Waals surface area (Å²) in [5.41, 5.74) is 3.82. The second-order valence-corrected chi connectivity index (χ2v) is 10.9. The molecule has 1 aliphatic carbocycles. The molecule has 2 N–H and O–H groups in total. The third-order valence-electron chi connectivity index (χ3n) is 7.96. The Morgan fingerprint density at radius 3 is 2.64 bits per heavy atom. The Labute approximate surface area is 223 Å². The number of alkyl halides is 1. The topological polar surface area (TPSA) is 95.9 Å². The van der Waals surface area contributed by atoms with E-state index in [0.29, 0.717) is 28.0 Å². The number of pyridine rings is 2. The van der Waals surface area contributed by atoms with Crippen molar-refractivity contribution in [3.05, 3.63) is 75.3 Å². The van der Waals surface area contributed by atoms with Crippen LogP contribution in [0.4, 0.5) is 8.78 Å². The summed E-state index contributed by atoms with van der Waals surface area (Å²) in [6, 6.07) is 7.84. The van der Waals surface area contributed by atoms with Crippen molar-refractivity contribution in [2.45, 2.75) is 50.7 Å². The number of nitrogens with zero attached hydrogens (tertiary/aromatic N) is 4. The van der Waals surface area contributed by atoms with Crippen LogP contribution in [0.25, 0.3) is 28.0 Å². The van der Waals surface area contributed by atoms with E-state index in [1.54, 1.807) is 18.3 Å². The Morgan fingerprint density at radius 1 is 1.10 bits per heavy atom. The molecule has 1 amide bonds. The highest BCUT2D eigenvalue weighted by Crippen LogP contribution is 2.41. The van der Waals surface area contributed by atoms with Gasteiger partial charge in [-0.05, 0) is 80.1 Å². The number of hydrogen-bond acceptors (Lipinski definition) is 5. The minimum atomic E-state index is -1.06. The molecule has 0 radical (unpaired) electrons. The van der Waals surface area contributed by atoms with Crippen molar-refractivity contribution in [1.29, 1.82) is 0 Å². The lowest BCUT2D eigenvalue weighted by atomic mass is 9.96. The molecule has 10 heteroatoms. The molecule has 3 fully saturated rings. The number of halogens is 2. The average Bonchev–Trinajstić information content (AvgIpc) is 3.42. The van der Waals surface area contributed by atoms with Crippen molar-refractivity contribution in [3.8, 4) is 16.9 Å². The summed E-state index contributed by atoms with van der Waals surface area (Å²) >= 11 is 0. The molecular formula is C29H28F2N6O2. The zero-order valence-electron chi connectivity index (χ0n) is 21.5. The molecule has 0 spiro atoms. The third kappa shape index (κ3) is 4.23. The van der Waals surface area contributed by atoms with Gasteiger partial charge in [-0.1, -0.05) is 6.07 Å². The smallest absolute Gasteiger partial charge is 0.282 e. The fourth-order valence-electron chi connectivity index (χ4n) is 5.63. The number of H-pyrrole nitrogens is 1. The maximum atomic E-state index is 14.3. The maximum absolute atomic E-state index is 14.3. The van der Waals surface area contributed by atoms with Crippen LogP contribution in [0, 0.1) is 12.7 Å². The quantitative estimate of drug-likeness (QED) is 0.401. The number of carbonyl (C=O) groups is 1. The Kier molecular flexibility index (Phi) is 5.62. The molecule has 200 valence electrons. The number of fused-ring (bicyclic) bond motifs is 1. The summed E-state index contributed by atoms with van der Waals surface area (Å²) in [6.07, 6.45) is 4.69. The van der Waals surface area contributed by atoms with Crippen molar-refractivity contribution in [2.24, 2.45) is 0 Å². The summed E-state index contributed by atoms with van der Waals surface area (Å²) in [6.45, 7) is 2.84. The highest BCUT2D eigenvalue weighted by molar-refractivity contribution is 6.01. The van der Waals surface area contributed by atoms with Gasteiger partial charge >= 0.3 is 0 Å². The van der Waals surface area contributed by atoms with Crippen molar-refractivity contribution >= 4 is 16.9 Å². The molecule has 4 aromatic rings. The number of nitrogens with one attached hydrogen (secondary N) is 2. The number of aromatic nitrogens is 4. The first-order valence-corrected chi connectivity index (χ1v) is 13.5. The molecule has 3 aromatic heterocycles. The first-order chi connectivity index (χ1) is 18.9. The molecule has 2 aliphatic heterocycles. The fourth-order valence-corrected chi connectivity index (χ4v) is 5.63. The van der Waals surface area contributed by atoms with E-state index in [-0.39, 0.29) is 36.2 Å². The SMILES string of the molecule is Cc1cn(-c2cc(-c3ccc(F)cc3C(=O)N3CC(F)C3)cc(C3CC3)n2)c(=O)c2[nH]c([C@@H]3CCCN3)nc12. The van der Waals surface area contributed by atoms with Gasteiger partial charge in [0.15, 0.2) is 0 Å². The van der Waals surface area contributed by atoms with Gasteiger partial charge in [0.1, 0.15) is 29.1 Å². The minimum Gasteiger partial charge on any atom is -0.336 e. The molecule has 0 bridgehead atoms. The minimum absolute atomic E-state index is 0.000931. The predicted octanol–water partition coefficient (Wildman–Crippen LogP) is 4.32. The number of amides is 1. The van der Waals surface area contributed by atoms with Gasteiger partial charge in [-0.3, -0.25) is 14.2 Å². The maximum Gasteiger partial charge on any atom is 0.282 e. The van der Waals surface area contributed by atoms with Gasteiger partial charge in [0, 0.05) is 17.8 Å². The molecule has 1 saturated carbocycles. The molecule has 7 rings (SSSR count). The van der Waals surface area contributed by atoms with Gasteiger partial charge in [0.05, 0.1) is 30.2 Å². The Morgan fingerprint density at radius 2 is 1.92 bits per heavy atom. The summed E-state index contributed by atoms with van der Waals surface area (Å²) in [7, 11) is 0. The summed E-state index contributed by atoms with van der Waals surface area (Å²) in [4.78, 5) is 41.1. The number of aryl methyl sites for hydroxylation is 1. The highest BCUT2D eigenvalue weighted by atomic mass is 19.1. The van der Waals surface area contributed by atoms with E-state index in [2.05, 4.69) is 10.3 Å². The molecule has 2 saturated heterocycles. The van der Waals surface area contributed by atoms with Crippen LogP contribution in [0.15, 0.2) is 41.3 Å². The molecule has 1 aromatic carbocycles. The summed E-state index contributed by atoms with van der Waals surface area (Å²) in [5, 5.41) is 3.42. The van der Waals surface area contributed by atoms with Gasteiger partial charge in [-0.2, -0.15) is 0 Å². The molecule has 8 nitrogen and oxygen atoms in total. The van der Waals surface area contributed by atoms with E-state index in [0.717, 1.165) is 49.3 Å². The number of carbonyl (C=O) groups excluding carboxylic acids is 1.